The summed E-state index contributed by atoms with van der Waals surface area (Å²) < 4.78 is 29.8. The fourth-order valence-corrected chi connectivity index (χ4v) is 4.61. The van der Waals surface area contributed by atoms with Gasteiger partial charge in [-0.05, 0) is 38.8 Å². The number of fused-ring (bicyclic) bond motifs is 1. The second kappa shape index (κ2) is 9.48. The van der Waals surface area contributed by atoms with Gasteiger partial charge in [-0.3, -0.25) is 0 Å². The monoisotopic (exact) mass is 454 g/mol. The lowest BCUT2D eigenvalue weighted by Gasteiger charge is -2.11. The van der Waals surface area contributed by atoms with Crippen LogP contribution < -0.4 is 10.5 Å². The van der Waals surface area contributed by atoms with Crippen molar-refractivity contribution in [3.8, 4) is 11.1 Å². The second-order valence-corrected chi connectivity index (χ2v) is 9.34. The number of sulfonamides is 1. The molecule has 9 nitrogen and oxygen atoms in total. The Labute approximate surface area is 187 Å². The third-order valence-corrected chi connectivity index (χ3v) is 6.37. The van der Waals surface area contributed by atoms with E-state index < -0.39 is 15.1 Å². The van der Waals surface area contributed by atoms with Gasteiger partial charge in [-0.25, -0.2) is 28.0 Å². The zero-order valence-corrected chi connectivity index (χ0v) is 19.0. The van der Waals surface area contributed by atoms with Gasteiger partial charge in [-0.15, -0.1) is 0 Å². The minimum Gasteiger partial charge on any atom is -0.396 e. The third kappa shape index (κ3) is 4.65. The summed E-state index contributed by atoms with van der Waals surface area (Å²) in [6.45, 7) is 13.2. The quantitative estimate of drug-likeness (QED) is 0.449. The molecule has 3 rings (SSSR count). The van der Waals surface area contributed by atoms with E-state index >= 15 is 0 Å². The Hall–Kier alpha value is -3.26. The molecule has 32 heavy (non-hydrogen) atoms. The maximum atomic E-state index is 12.8. The first-order chi connectivity index (χ1) is 15.2. The Balaban J connectivity index is 2.42. The van der Waals surface area contributed by atoms with Gasteiger partial charge in [0.1, 0.15) is 17.8 Å². The zero-order valence-electron chi connectivity index (χ0n) is 18.2. The number of aromatic nitrogens is 3. The predicted molar refractivity (Wildman–Crippen MR) is 126 cm³/mol. The first-order valence-electron chi connectivity index (χ1n) is 10.1. The third-order valence-electron chi connectivity index (χ3n) is 4.83. The molecule has 0 amide bonds. The minimum absolute atomic E-state index is 0.0634. The van der Waals surface area contributed by atoms with Crippen molar-refractivity contribution in [1.29, 1.82) is 0 Å². The van der Waals surface area contributed by atoms with Crippen molar-refractivity contribution in [2.45, 2.75) is 39.8 Å². The summed E-state index contributed by atoms with van der Waals surface area (Å²) >= 11 is 0. The van der Waals surface area contributed by atoms with Crippen LogP contribution in [0.1, 0.15) is 31.5 Å². The molecule has 10 heteroatoms. The highest BCUT2D eigenvalue weighted by Crippen LogP contribution is 2.38. The number of aliphatic hydroxyl groups excluding tert-OH is 1. The summed E-state index contributed by atoms with van der Waals surface area (Å²) in [5.74, 6) is 0.246. The van der Waals surface area contributed by atoms with Gasteiger partial charge in [-0.2, -0.15) is 0 Å². The Kier molecular flexibility index (Phi) is 6.93. The summed E-state index contributed by atoms with van der Waals surface area (Å²) in [7, 11) is -4.03. The molecule has 3 aromatic rings. The lowest BCUT2D eigenvalue weighted by atomic mass is 10.0. The number of hydrogen-bond acceptors (Lipinski definition) is 6. The SMILES string of the molecule is [C-]#[N+]/C(=C\c1c(-c2ccc(C)cc2)c2c(N)ncnc2n1CCCO)S(=O)(=O)NC(C)C. The molecule has 0 fully saturated rings. The molecule has 0 radical (unpaired) electrons. The molecule has 0 spiro atoms. The molecule has 0 bridgehead atoms. The van der Waals surface area contributed by atoms with Gasteiger partial charge in [-0.1, -0.05) is 29.8 Å². The van der Waals surface area contributed by atoms with Gasteiger partial charge in [0, 0.05) is 30.5 Å². The van der Waals surface area contributed by atoms with Crippen molar-refractivity contribution in [3.63, 3.8) is 0 Å². The van der Waals surface area contributed by atoms with Gasteiger partial charge in [0.15, 0.2) is 0 Å². The molecule has 0 aliphatic heterocycles. The van der Waals surface area contributed by atoms with Crippen LogP contribution in [0.5, 0.6) is 0 Å². The maximum absolute atomic E-state index is 12.8. The highest BCUT2D eigenvalue weighted by molar-refractivity contribution is 7.93. The first-order valence-corrected chi connectivity index (χ1v) is 11.6. The van der Waals surface area contributed by atoms with E-state index in [0.29, 0.717) is 35.3 Å². The number of nitrogen functional groups attached to an aromatic ring is 1. The zero-order chi connectivity index (χ0) is 23.5. The van der Waals surface area contributed by atoms with Gasteiger partial charge in [0.05, 0.1) is 12.0 Å². The second-order valence-electron chi connectivity index (χ2n) is 7.68. The van der Waals surface area contributed by atoms with Gasteiger partial charge >= 0.3 is 0 Å². The van der Waals surface area contributed by atoms with Crippen LogP contribution in [-0.2, 0) is 16.6 Å². The summed E-state index contributed by atoms with van der Waals surface area (Å²) in [4.78, 5) is 11.8. The smallest absolute Gasteiger partial charge is 0.294 e. The van der Waals surface area contributed by atoms with E-state index in [0.717, 1.165) is 11.1 Å². The van der Waals surface area contributed by atoms with Crippen molar-refractivity contribution in [3.05, 3.63) is 58.3 Å². The molecule has 0 saturated carbocycles. The number of nitrogens with two attached hydrogens (primary N) is 1. The summed E-state index contributed by atoms with van der Waals surface area (Å²) in [6.07, 6.45) is 3.09. The Morgan fingerprint density at radius 3 is 2.59 bits per heavy atom. The molecule has 0 aliphatic rings. The van der Waals surface area contributed by atoms with Crippen LogP contribution in [0.2, 0.25) is 0 Å². The van der Waals surface area contributed by atoms with Crippen molar-refractivity contribution in [2.24, 2.45) is 0 Å². The van der Waals surface area contributed by atoms with Gasteiger partial charge in [0.2, 0.25) is 10.0 Å². The molecule has 0 atom stereocenters. The fourth-order valence-electron chi connectivity index (χ4n) is 3.49. The number of aliphatic hydroxyl groups is 1. The number of rotatable bonds is 8. The number of hydrogen-bond donors (Lipinski definition) is 3. The van der Waals surface area contributed by atoms with E-state index in [4.69, 9.17) is 12.3 Å². The van der Waals surface area contributed by atoms with E-state index in [1.54, 1.807) is 18.4 Å². The van der Waals surface area contributed by atoms with E-state index in [1.165, 1.54) is 12.4 Å². The van der Waals surface area contributed by atoms with Crippen LogP contribution in [0, 0.1) is 13.5 Å². The average molecular weight is 455 g/mol. The number of nitrogens with one attached hydrogen (secondary N) is 1. The summed E-state index contributed by atoms with van der Waals surface area (Å²) in [5.41, 5.74) is 9.68. The molecule has 168 valence electrons. The van der Waals surface area contributed by atoms with E-state index in [9.17, 15) is 13.5 Å². The Bertz CT molecular complexity index is 1300. The van der Waals surface area contributed by atoms with Crippen LogP contribution in [-0.4, -0.2) is 40.7 Å². The van der Waals surface area contributed by atoms with Gasteiger partial charge < -0.3 is 15.4 Å². The largest absolute Gasteiger partial charge is 0.396 e. The summed E-state index contributed by atoms with van der Waals surface area (Å²) in [6, 6.07) is 7.31. The lowest BCUT2D eigenvalue weighted by Crippen LogP contribution is -2.30. The number of anilines is 1. The van der Waals surface area contributed by atoms with Crippen molar-refractivity contribution < 1.29 is 13.5 Å². The molecular formula is C22H26N6O3S. The van der Waals surface area contributed by atoms with Crippen molar-refractivity contribution in [1.82, 2.24) is 19.3 Å². The lowest BCUT2D eigenvalue weighted by molar-refractivity contribution is 0.280. The molecule has 4 N–H and O–H groups in total. The number of nitrogens with zero attached hydrogens (tertiary/aromatic N) is 4. The number of aryl methyl sites for hydroxylation is 2. The van der Waals surface area contributed by atoms with E-state index in [2.05, 4.69) is 19.5 Å². The van der Waals surface area contributed by atoms with Crippen LogP contribution in [0.25, 0.3) is 33.1 Å². The molecule has 2 heterocycles. The maximum Gasteiger partial charge on any atom is 0.294 e. The average Bonchev–Trinajstić information content (AvgIpc) is 3.04. The summed E-state index contributed by atoms with van der Waals surface area (Å²) in [5, 5.41) is 9.54. The highest BCUT2D eigenvalue weighted by atomic mass is 32.2. The van der Waals surface area contributed by atoms with Crippen molar-refractivity contribution in [2.75, 3.05) is 12.3 Å². The highest BCUT2D eigenvalue weighted by Gasteiger charge is 2.25. The van der Waals surface area contributed by atoms with Crippen LogP contribution in [0.15, 0.2) is 35.6 Å². The van der Waals surface area contributed by atoms with Gasteiger partial charge in [0.25, 0.3) is 5.03 Å². The Morgan fingerprint density at radius 2 is 2.00 bits per heavy atom. The topological polar surface area (TPSA) is 127 Å². The molecule has 0 unspecified atom stereocenters. The van der Waals surface area contributed by atoms with Crippen LogP contribution in [0.4, 0.5) is 5.82 Å². The van der Waals surface area contributed by atoms with Crippen LogP contribution >= 0.6 is 0 Å². The molecule has 0 saturated heterocycles. The molecule has 2 aromatic heterocycles. The predicted octanol–water partition coefficient (Wildman–Crippen LogP) is 2.92. The van der Waals surface area contributed by atoms with E-state index in [1.807, 2.05) is 31.2 Å². The fraction of sp³-hybridized carbons (Fsp3) is 0.318. The Morgan fingerprint density at radius 1 is 1.31 bits per heavy atom. The van der Waals surface area contributed by atoms with E-state index in [-0.39, 0.29) is 18.5 Å². The number of benzene rings is 1. The molecule has 1 aromatic carbocycles. The molecule has 0 aliphatic carbocycles. The minimum atomic E-state index is -4.03. The van der Waals surface area contributed by atoms with Crippen LogP contribution in [0.3, 0.4) is 0 Å². The molecular weight excluding hydrogens is 428 g/mol. The standard InChI is InChI=1S/C22H26N6O3S/c1-14(2)27-32(30,31)18(24-4)12-17-19(16-8-6-15(3)7-9-16)20-21(23)25-13-26-22(20)28(17)10-5-11-29/h6-9,12-14,27,29H,5,10-11H2,1-3H3,(H2,23,25,26)/b18-12+. The first kappa shape index (κ1) is 23.4. The normalized spacial score (nSPS) is 12.4. The van der Waals surface area contributed by atoms with Crippen molar-refractivity contribution >= 4 is 33.0 Å².